The Morgan fingerprint density at radius 1 is 1.17 bits per heavy atom. The highest BCUT2D eigenvalue weighted by molar-refractivity contribution is 6.30. The molecule has 0 bridgehead atoms. The molecule has 2 nitrogen and oxygen atoms in total. The van der Waals surface area contributed by atoms with Crippen LogP contribution in [0.2, 0.25) is 5.02 Å². The number of allylic oxidation sites excluding steroid dienone is 2. The van der Waals surface area contributed by atoms with Crippen LogP contribution in [0.1, 0.15) is 36.4 Å². The summed E-state index contributed by atoms with van der Waals surface area (Å²) in [5.74, 6) is 1.95. The molecule has 0 spiro atoms. The maximum Gasteiger partial charge on any atom is 0.119 e. The number of anilines is 1. The fraction of sp³-hybridized carbons (Fsp3) is 0.300. The van der Waals surface area contributed by atoms with E-state index in [0.717, 1.165) is 17.2 Å². The topological polar surface area (TPSA) is 21.3 Å². The van der Waals surface area contributed by atoms with Crippen molar-refractivity contribution in [2.45, 2.75) is 25.3 Å². The lowest BCUT2D eigenvalue weighted by Crippen LogP contribution is -2.29. The quantitative estimate of drug-likeness (QED) is 0.745. The average Bonchev–Trinajstić information content (AvgIpc) is 3.05. The van der Waals surface area contributed by atoms with Gasteiger partial charge in [0.05, 0.1) is 12.6 Å². The van der Waals surface area contributed by atoms with Gasteiger partial charge in [-0.2, -0.15) is 0 Å². The van der Waals surface area contributed by atoms with Crippen molar-refractivity contribution >= 4 is 17.3 Å². The van der Waals surface area contributed by atoms with Crippen LogP contribution in [0.15, 0.2) is 54.6 Å². The highest BCUT2D eigenvalue weighted by Crippen LogP contribution is 2.50. The molecular formula is C20H20ClNO. The van der Waals surface area contributed by atoms with Crippen LogP contribution in [0.25, 0.3) is 0 Å². The number of nitrogens with one attached hydrogen (secondary N) is 1. The number of ether oxygens (including phenoxy) is 1. The molecule has 0 unspecified atom stereocenters. The summed E-state index contributed by atoms with van der Waals surface area (Å²) >= 11 is 6.04. The van der Waals surface area contributed by atoms with Gasteiger partial charge in [0.15, 0.2) is 0 Å². The van der Waals surface area contributed by atoms with Crippen molar-refractivity contribution in [2.24, 2.45) is 5.92 Å². The monoisotopic (exact) mass is 325 g/mol. The zero-order chi connectivity index (χ0) is 15.8. The molecule has 0 saturated heterocycles. The summed E-state index contributed by atoms with van der Waals surface area (Å²) in [6, 6.07) is 14.9. The second kappa shape index (κ2) is 5.93. The smallest absolute Gasteiger partial charge is 0.119 e. The molecule has 1 aliphatic carbocycles. The van der Waals surface area contributed by atoms with E-state index >= 15 is 0 Å². The van der Waals surface area contributed by atoms with Gasteiger partial charge in [0.25, 0.3) is 0 Å². The predicted molar refractivity (Wildman–Crippen MR) is 95.4 cm³/mol. The molecule has 1 N–H and O–H groups in total. The maximum atomic E-state index is 6.04. The third-order valence-electron chi connectivity index (χ3n) is 4.87. The molecular weight excluding hydrogens is 306 g/mol. The van der Waals surface area contributed by atoms with Gasteiger partial charge in [-0.05, 0) is 60.7 Å². The van der Waals surface area contributed by atoms with Crippen molar-refractivity contribution in [3.05, 3.63) is 70.8 Å². The molecule has 3 atom stereocenters. The minimum atomic E-state index is 0.317. The number of halogens is 1. The van der Waals surface area contributed by atoms with E-state index in [1.807, 2.05) is 25.1 Å². The highest BCUT2D eigenvalue weighted by atomic mass is 35.5. The molecule has 2 aromatic rings. The average molecular weight is 326 g/mol. The first-order chi connectivity index (χ1) is 11.3. The lowest BCUT2D eigenvalue weighted by molar-refractivity contribution is 0.338. The number of rotatable bonds is 3. The van der Waals surface area contributed by atoms with E-state index in [9.17, 15) is 0 Å². The summed E-state index contributed by atoms with van der Waals surface area (Å²) < 4.78 is 5.68. The van der Waals surface area contributed by atoms with Crippen molar-refractivity contribution in [3.8, 4) is 5.75 Å². The van der Waals surface area contributed by atoms with Gasteiger partial charge in [0.1, 0.15) is 5.75 Å². The maximum absolute atomic E-state index is 6.04. The molecule has 0 radical (unpaired) electrons. The van der Waals surface area contributed by atoms with Crippen LogP contribution >= 0.6 is 11.6 Å². The Bertz CT molecular complexity index is 738. The number of hydrogen-bond donors (Lipinski definition) is 1. The van der Waals surface area contributed by atoms with Crippen molar-refractivity contribution in [3.63, 3.8) is 0 Å². The van der Waals surface area contributed by atoms with E-state index in [1.165, 1.54) is 16.8 Å². The second-order valence-corrected chi connectivity index (χ2v) is 6.65. The Labute approximate surface area is 142 Å². The van der Waals surface area contributed by atoms with Crippen molar-refractivity contribution in [1.29, 1.82) is 0 Å². The Morgan fingerprint density at radius 2 is 2.00 bits per heavy atom. The van der Waals surface area contributed by atoms with E-state index in [1.54, 1.807) is 0 Å². The molecule has 3 heteroatoms. The van der Waals surface area contributed by atoms with Crippen molar-refractivity contribution < 1.29 is 4.74 Å². The first-order valence-electron chi connectivity index (χ1n) is 8.21. The molecule has 1 aliphatic heterocycles. The molecule has 118 valence electrons. The number of fused-ring (bicyclic) bond motifs is 3. The summed E-state index contributed by atoms with van der Waals surface area (Å²) in [7, 11) is 0. The minimum Gasteiger partial charge on any atom is -0.494 e. The van der Waals surface area contributed by atoms with Gasteiger partial charge in [-0.1, -0.05) is 35.9 Å². The van der Waals surface area contributed by atoms with Crippen molar-refractivity contribution in [1.82, 2.24) is 0 Å². The Balaban J connectivity index is 1.72. The minimum absolute atomic E-state index is 0.317. The zero-order valence-corrected chi connectivity index (χ0v) is 13.9. The van der Waals surface area contributed by atoms with Crippen LogP contribution in [0.4, 0.5) is 5.69 Å². The van der Waals surface area contributed by atoms with Crippen LogP contribution in [-0.2, 0) is 0 Å². The molecule has 0 amide bonds. The molecule has 2 aromatic carbocycles. The first kappa shape index (κ1) is 14.6. The molecule has 4 rings (SSSR count). The second-order valence-electron chi connectivity index (χ2n) is 6.21. The summed E-state index contributed by atoms with van der Waals surface area (Å²) in [6.07, 6.45) is 5.76. The van der Waals surface area contributed by atoms with Crippen LogP contribution in [0.5, 0.6) is 5.75 Å². The Kier molecular flexibility index (Phi) is 3.78. The summed E-state index contributed by atoms with van der Waals surface area (Å²) in [4.78, 5) is 0. The zero-order valence-electron chi connectivity index (χ0n) is 13.1. The van der Waals surface area contributed by atoms with Gasteiger partial charge < -0.3 is 10.1 Å². The van der Waals surface area contributed by atoms with E-state index in [4.69, 9.17) is 16.3 Å². The van der Waals surface area contributed by atoms with Gasteiger partial charge in [-0.25, -0.2) is 0 Å². The predicted octanol–water partition coefficient (Wildman–Crippen LogP) is 5.57. The SMILES string of the molecule is CCOc1ccc2c(c1)[C@@H]1C=CC[C@H]1[C@@H](c1ccc(Cl)cc1)N2. The fourth-order valence-corrected chi connectivity index (χ4v) is 3.96. The van der Waals surface area contributed by atoms with Gasteiger partial charge >= 0.3 is 0 Å². The Morgan fingerprint density at radius 3 is 2.78 bits per heavy atom. The third-order valence-corrected chi connectivity index (χ3v) is 5.13. The van der Waals surface area contributed by atoms with Crippen molar-refractivity contribution in [2.75, 3.05) is 11.9 Å². The van der Waals surface area contributed by atoms with Gasteiger partial charge in [0.2, 0.25) is 0 Å². The summed E-state index contributed by atoms with van der Waals surface area (Å²) in [5.41, 5.74) is 3.86. The van der Waals surface area contributed by atoms with E-state index < -0.39 is 0 Å². The Hall–Kier alpha value is -1.93. The third kappa shape index (κ3) is 2.61. The largest absolute Gasteiger partial charge is 0.494 e. The van der Waals surface area contributed by atoms with E-state index in [-0.39, 0.29) is 0 Å². The van der Waals surface area contributed by atoms with E-state index in [2.05, 4.69) is 41.7 Å². The van der Waals surface area contributed by atoms with Gasteiger partial charge in [-0.15, -0.1) is 0 Å². The normalized spacial score (nSPS) is 24.7. The standard InChI is InChI=1S/C20H20ClNO/c1-2-23-15-10-11-19-18(12-15)16-4-3-5-17(16)20(22-19)13-6-8-14(21)9-7-13/h3-4,6-12,16-17,20,22H,2,5H2,1H3/t16-,17-,20-/m1/s1. The molecule has 0 fully saturated rings. The molecule has 23 heavy (non-hydrogen) atoms. The van der Waals surface area contributed by atoms with Crippen LogP contribution in [0, 0.1) is 5.92 Å². The van der Waals surface area contributed by atoms with E-state index in [0.29, 0.717) is 24.5 Å². The molecule has 0 saturated carbocycles. The lowest BCUT2D eigenvalue weighted by Gasteiger charge is -2.37. The number of hydrogen-bond acceptors (Lipinski definition) is 2. The first-order valence-corrected chi connectivity index (χ1v) is 8.59. The summed E-state index contributed by atoms with van der Waals surface area (Å²) in [5, 5.41) is 4.52. The van der Waals surface area contributed by atoms with Gasteiger partial charge in [-0.3, -0.25) is 0 Å². The van der Waals surface area contributed by atoms with Crippen LogP contribution in [-0.4, -0.2) is 6.61 Å². The lowest BCUT2D eigenvalue weighted by atomic mass is 9.77. The molecule has 1 heterocycles. The van der Waals surface area contributed by atoms with Gasteiger partial charge in [0, 0.05) is 16.6 Å². The fourth-order valence-electron chi connectivity index (χ4n) is 3.83. The summed E-state index contributed by atoms with van der Waals surface area (Å²) in [6.45, 7) is 2.72. The molecule has 2 aliphatic rings. The molecule has 0 aromatic heterocycles. The van der Waals surface area contributed by atoms with Crippen LogP contribution < -0.4 is 10.1 Å². The van der Waals surface area contributed by atoms with Crippen LogP contribution in [0.3, 0.4) is 0 Å². The number of benzene rings is 2. The highest BCUT2D eigenvalue weighted by Gasteiger charge is 2.37.